The van der Waals surface area contributed by atoms with Crippen LogP contribution in [0, 0.1) is 0 Å². The maximum Gasteiger partial charge on any atom is 0.246 e. The van der Waals surface area contributed by atoms with Gasteiger partial charge in [-0.1, -0.05) is 30.3 Å². The Morgan fingerprint density at radius 1 is 1.14 bits per heavy atom. The second kappa shape index (κ2) is 9.76. The molecule has 0 radical (unpaired) electrons. The van der Waals surface area contributed by atoms with Crippen molar-refractivity contribution in [1.29, 1.82) is 0 Å². The molecule has 0 aromatic heterocycles. The summed E-state index contributed by atoms with van der Waals surface area (Å²) in [4.78, 5) is 14.6. The Morgan fingerprint density at radius 3 is 2.48 bits per heavy atom. The fourth-order valence-electron chi connectivity index (χ4n) is 4.12. The molecular weight excluding hydrogens is 368 g/mol. The molecule has 1 heterocycles. The van der Waals surface area contributed by atoms with E-state index in [0.717, 1.165) is 30.8 Å². The van der Waals surface area contributed by atoms with Gasteiger partial charge in [-0.2, -0.15) is 0 Å². The van der Waals surface area contributed by atoms with Gasteiger partial charge in [0.05, 0.1) is 20.3 Å². The number of methoxy groups -OCH3 is 3. The van der Waals surface area contributed by atoms with E-state index in [4.69, 9.17) is 14.2 Å². The summed E-state index contributed by atoms with van der Waals surface area (Å²) in [5.74, 6) is 1.32. The molecule has 1 aliphatic rings. The number of amides is 1. The number of hydrogen-bond acceptors (Lipinski definition) is 5. The van der Waals surface area contributed by atoms with Crippen molar-refractivity contribution in [1.82, 2.24) is 10.2 Å². The Morgan fingerprint density at radius 2 is 1.83 bits per heavy atom. The van der Waals surface area contributed by atoms with E-state index in [1.54, 1.807) is 14.2 Å². The predicted octanol–water partition coefficient (Wildman–Crippen LogP) is 2.95. The molecule has 6 heteroatoms. The molecule has 0 saturated heterocycles. The molecule has 29 heavy (non-hydrogen) atoms. The van der Waals surface area contributed by atoms with E-state index >= 15 is 0 Å². The minimum atomic E-state index is -0.118. The van der Waals surface area contributed by atoms with Gasteiger partial charge in [-0.15, -0.1) is 0 Å². The number of fused-ring (bicyclic) bond motifs is 1. The zero-order valence-electron chi connectivity index (χ0n) is 17.6. The number of nitrogens with one attached hydrogen (secondary N) is 1. The molecule has 1 amide bonds. The van der Waals surface area contributed by atoms with E-state index in [0.29, 0.717) is 5.75 Å². The van der Waals surface area contributed by atoms with Crippen molar-refractivity contribution in [3.05, 3.63) is 59.2 Å². The lowest BCUT2D eigenvalue weighted by atomic mass is 9.87. The average Bonchev–Trinajstić information content (AvgIpc) is 2.73. The lowest BCUT2D eigenvalue weighted by Gasteiger charge is -2.41. The molecule has 0 spiro atoms. The predicted molar refractivity (Wildman–Crippen MR) is 112 cm³/mol. The Labute approximate surface area is 172 Å². The van der Waals surface area contributed by atoms with Gasteiger partial charge in [0.25, 0.3) is 0 Å². The molecule has 2 aromatic carbocycles. The van der Waals surface area contributed by atoms with Gasteiger partial charge < -0.3 is 19.5 Å². The van der Waals surface area contributed by atoms with Crippen molar-refractivity contribution in [2.45, 2.75) is 32.0 Å². The third kappa shape index (κ3) is 4.89. The standard InChI is InChI=1S/C23H30N2O4/c1-16(24-22(26)15-27-2)23-19-13-21(29-4)20(28-3)12-18(19)10-11-25(23)14-17-8-6-5-7-9-17/h5-9,12-13,16,23H,10-11,14-15H2,1-4H3,(H,24,26)/t16-,23-/m0/s1. The van der Waals surface area contributed by atoms with Crippen LogP contribution >= 0.6 is 0 Å². The zero-order chi connectivity index (χ0) is 20.8. The summed E-state index contributed by atoms with van der Waals surface area (Å²) in [6.07, 6.45) is 0.914. The average molecular weight is 399 g/mol. The maximum absolute atomic E-state index is 12.2. The fraction of sp³-hybridized carbons (Fsp3) is 0.435. The first-order chi connectivity index (χ1) is 14.1. The van der Waals surface area contributed by atoms with Crippen LogP contribution < -0.4 is 14.8 Å². The third-order valence-electron chi connectivity index (χ3n) is 5.39. The summed E-state index contributed by atoms with van der Waals surface area (Å²) in [7, 11) is 4.83. The van der Waals surface area contributed by atoms with Crippen molar-refractivity contribution < 1.29 is 19.0 Å². The van der Waals surface area contributed by atoms with Crippen LogP contribution in [-0.2, 0) is 22.5 Å². The molecule has 6 nitrogen and oxygen atoms in total. The number of rotatable bonds is 8. The van der Waals surface area contributed by atoms with Crippen molar-refractivity contribution >= 4 is 5.91 Å². The molecule has 0 unspecified atom stereocenters. The van der Waals surface area contributed by atoms with E-state index in [1.807, 2.05) is 13.0 Å². The topological polar surface area (TPSA) is 60.0 Å². The largest absolute Gasteiger partial charge is 0.493 e. The summed E-state index contributed by atoms with van der Waals surface area (Å²) in [5.41, 5.74) is 3.64. The van der Waals surface area contributed by atoms with Crippen LogP contribution in [0.4, 0.5) is 0 Å². The van der Waals surface area contributed by atoms with Gasteiger partial charge in [0.1, 0.15) is 6.61 Å². The van der Waals surface area contributed by atoms with Crippen LogP contribution in [0.25, 0.3) is 0 Å². The first kappa shape index (κ1) is 21.1. The highest BCUT2D eigenvalue weighted by molar-refractivity contribution is 5.77. The molecular formula is C23H30N2O4. The Hall–Kier alpha value is -2.57. The van der Waals surface area contributed by atoms with Crippen LogP contribution in [0.3, 0.4) is 0 Å². The summed E-state index contributed by atoms with van der Waals surface area (Å²) in [6.45, 7) is 3.80. The monoisotopic (exact) mass is 398 g/mol. The number of carbonyl (C=O) groups is 1. The van der Waals surface area contributed by atoms with Gasteiger partial charge in [0.15, 0.2) is 11.5 Å². The number of ether oxygens (including phenoxy) is 3. The van der Waals surface area contributed by atoms with Crippen LogP contribution in [-0.4, -0.2) is 51.3 Å². The Bertz CT molecular complexity index is 825. The van der Waals surface area contributed by atoms with E-state index in [-0.39, 0.29) is 24.6 Å². The minimum Gasteiger partial charge on any atom is -0.493 e. The summed E-state index contributed by atoms with van der Waals surface area (Å²) in [6, 6.07) is 14.4. The Balaban J connectivity index is 1.96. The van der Waals surface area contributed by atoms with Crippen LogP contribution in [0.2, 0.25) is 0 Å². The molecule has 3 rings (SSSR count). The van der Waals surface area contributed by atoms with Crippen molar-refractivity contribution in [3.8, 4) is 11.5 Å². The number of carbonyl (C=O) groups excluding carboxylic acids is 1. The second-order valence-corrected chi connectivity index (χ2v) is 7.35. The van der Waals surface area contributed by atoms with Crippen LogP contribution in [0.1, 0.15) is 29.7 Å². The van der Waals surface area contributed by atoms with Crippen LogP contribution in [0.5, 0.6) is 11.5 Å². The van der Waals surface area contributed by atoms with E-state index in [1.165, 1.54) is 18.2 Å². The quantitative estimate of drug-likeness (QED) is 0.741. The van der Waals surface area contributed by atoms with Crippen molar-refractivity contribution in [3.63, 3.8) is 0 Å². The fourth-order valence-corrected chi connectivity index (χ4v) is 4.12. The lowest BCUT2D eigenvalue weighted by Crippen LogP contribution is -2.48. The van der Waals surface area contributed by atoms with Gasteiger partial charge in [-0.25, -0.2) is 0 Å². The van der Waals surface area contributed by atoms with E-state index in [9.17, 15) is 4.79 Å². The van der Waals surface area contributed by atoms with Gasteiger partial charge in [0.2, 0.25) is 5.91 Å². The number of benzene rings is 2. The zero-order valence-corrected chi connectivity index (χ0v) is 17.6. The van der Waals surface area contributed by atoms with Gasteiger partial charge in [-0.3, -0.25) is 9.69 Å². The highest BCUT2D eigenvalue weighted by Crippen LogP contribution is 2.40. The Kier molecular flexibility index (Phi) is 7.12. The molecule has 1 aliphatic heterocycles. The molecule has 1 N–H and O–H groups in total. The second-order valence-electron chi connectivity index (χ2n) is 7.35. The summed E-state index contributed by atoms with van der Waals surface area (Å²) in [5, 5.41) is 3.10. The van der Waals surface area contributed by atoms with Gasteiger partial charge in [-0.05, 0) is 42.2 Å². The third-order valence-corrected chi connectivity index (χ3v) is 5.39. The van der Waals surface area contributed by atoms with Gasteiger partial charge >= 0.3 is 0 Å². The molecule has 2 aromatic rings. The molecule has 2 atom stereocenters. The molecule has 0 aliphatic carbocycles. The first-order valence-electron chi connectivity index (χ1n) is 9.88. The van der Waals surface area contributed by atoms with Crippen LogP contribution in [0.15, 0.2) is 42.5 Å². The lowest BCUT2D eigenvalue weighted by molar-refractivity contribution is -0.125. The highest BCUT2D eigenvalue weighted by Gasteiger charge is 2.33. The van der Waals surface area contributed by atoms with Crippen molar-refractivity contribution in [2.24, 2.45) is 0 Å². The van der Waals surface area contributed by atoms with E-state index < -0.39 is 0 Å². The SMILES string of the molecule is COCC(=O)N[C@@H](C)[C@H]1c2cc(OC)c(OC)cc2CCN1Cc1ccccc1. The molecule has 0 bridgehead atoms. The summed E-state index contributed by atoms with van der Waals surface area (Å²) >= 11 is 0. The normalized spacial score (nSPS) is 17.3. The first-order valence-corrected chi connectivity index (χ1v) is 9.88. The molecule has 156 valence electrons. The van der Waals surface area contributed by atoms with Gasteiger partial charge in [0, 0.05) is 26.2 Å². The van der Waals surface area contributed by atoms with Crippen molar-refractivity contribution in [2.75, 3.05) is 34.5 Å². The summed E-state index contributed by atoms with van der Waals surface area (Å²) < 4.78 is 16.0. The number of hydrogen-bond donors (Lipinski definition) is 1. The molecule has 0 saturated carbocycles. The smallest absolute Gasteiger partial charge is 0.246 e. The minimum absolute atomic E-state index is 0.0135. The number of nitrogens with zero attached hydrogens (tertiary/aromatic N) is 1. The maximum atomic E-state index is 12.2. The highest BCUT2D eigenvalue weighted by atomic mass is 16.5. The van der Waals surface area contributed by atoms with E-state index in [2.05, 4.69) is 46.6 Å². The molecule has 0 fully saturated rings.